The number of hydrogen-bond acceptors (Lipinski definition) is 5. The Morgan fingerprint density at radius 3 is 1.68 bits per heavy atom. The van der Waals surface area contributed by atoms with Gasteiger partial charge in [0.25, 0.3) is 0 Å². The standard InChI is InChI=1S/C26H29NO4/c1-19(27-17-15-25(30,16-18-27)20-5-3-2-4-6-20)26(31,21-7-11-23(28)12-8-21)22-9-13-24(29)14-10-22/h2-14,19,28-31H,15-18H2,1H3. The molecule has 3 aromatic rings. The Kier molecular flexibility index (Phi) is 5.75. The van der Waals surface area contributed by atoms with Crippen LogP contribution in [-0.2, 0) is 11.2 Å². The molecule has 3 aromatic carbocycles. The van der Waals surface area contributed by atoms with E-state index in [9.17, 15) is 20.4 Å². The molecule has 0 amide bonds. The van der Waals surface area contributed by atoms with Crippen LogP contribution >= 0.6 is 0 Å². The van der Waals surface area contributed by atoms with E-state index in [0.717, 1.165) is 5.56 Å². The van der Waals surface area contributed by atoms with Crippen LogP contribution in [0.1, 0.15) is 36.5 Å². The molecule has 0 spiro atoms. The average Bonchev–Trinajstić information content (AvgIpc) is 2.80. The van der Waals surface area contributed by atoms with Gasteiger partial charge in [-0.1, -0.05) is 54.6 Å². The van der Waals surface area contributed by atoms with E-state index >= 15 is 0 Å². The van der Waals surface area contributed by atoms with E-state index < -0.39 is 11.2 Å². The van der Waals surface area contributed by atoms with Crippen molar-refractivity contribution >= 4 is 0 Å². The zero-order valence-corrected chi connectivity index (χ0v) is 17.6. The van der Waals surface area contributed by atoms with Gasteiger partial charge in [-0.2, -0.15) is 0 Å². The molecule has 1 fully saturated rings. The Bertz CT molecular complexity index is 948. The zero-order valence-electron chi connectivity index (χ0n) is 17.6. The third kappa shape index (κ3) is 4.04. The summed E-state index contributed by atoms with van der Waals surface area (Å²) in [4.78, 5) is 2.19. The molecule has 1 aliphatic heterocycles. The van der Waals surface area contributed by atoms with Gasteiger partial charge in [0.15, 0.2) is 0 Å². The molecule has 4 rings (SSSR count). The largest absolute Gasteiger partial charge is 0.508 e. The Morgan fingerprint density at radius 2 is 1.23 bits per heavy atom. The summed E-state index contributed by atoms with van der Waals surface area (Å²) in [5, 5.41) is 42.7. The second kappa shape index (κ2) is 8.35. The predicted molar refractivity (Wildman–Crippen MR) is 120 cm³/mol. The van der Waals surface area contributed by atoms with Crippen LogP contribution in [0.4, 0.5) is 0 Å². The number of likely N-dealkylation sites (tertiary alicyclic amines) is 1. The van der Waals surface area contributed by atoms with Gasteiger partial charge in [0, 0.05) is 19.1 Å². The number of piperidine rings is 1. The molecule has 1 saturated heterocycles. The minimum atomic E-state index is -1.36. The maximum absolute atomic E-state index is 12.0. The highest BCUT2D eigenvalue weighted by Gasteiger charge is 2.44. The van der Waals surface area contributed by atoms with Crippen LogP contribution in [0.15, 0.2) is 78.9 Å². The molecule has 0 aliphatic carbocycles. The van der Waals surface area contributed by atoms with Gasteiger partial charge in [-0.25, -0.2) is 0 Å². The first-order valence-electron chi connectivity index (χ1n) is 10.7. The molecule has 0 bridgehead atoms. The summed E-state index contributed by atoms with van der Waals surface area (Å²) in [6, 6.07) is 22.6. The van der Waals surface area contributed by atoms with Crippen LogP contribution in [0.25, 0.3) is 0 Å². The van der Waals surface area contributed by atoms with Gasteiger partial charge < -0.3 is 20.4 Å². The molecule has 0 saturated carbocycles. The smallest absolute Gasteiger partial charge is 0.130 e. The fourth-order valence-corrected chi connectivity index (χ4v) is 4.66. The molecule has 5 nitrogen and oxygen atoms in total. The number of phenolic OH excluding ortho intramolecular Hbond substituents is 2. The molecule has 162 valence electrons. The predicted octanol–water partition coefficient (Wildman–Crippen LogP) is 3.71. The number of aromatic hydroxyl groups is 2. The number of nitrogens with zero attached hydrogens (tertiary/aromatic N) is 1. The molecule has 1 unspecified atom stereocenters. The van der Waals surface area contributed by atoms with E-state index in [2.05, 4.69) is 4.90 Å². The van der Waals surface area contributed by atoms with Crippen LogP contribution in [-0.4, -0.2) is 44.5 Å². The minimum Gasteiger partial charge on any atom is -0.508 e. The fraction of sp³-hybridized carbons (Fsp3) is 0.308. The van der Waals surface area contributed by atoms with E-state index in [4.69, 9.17) is 0 Å². The van der Waals surface area contributed by atoms with Gasteiger partial charge in [0.1, 0.15) is 17.1 Å². The summed E-state index contributed by atoms with van der Waals surface area (Å²) in [6.07, 6.45) is 1.14. The Labute approximate surface area is 182 Å². The lowest BCUT2D eigenvalue weighted by molar-refractivity contribution is -0.0708. The summed E-state index contributed by atoms with van der Waals surface area (Å²) in [5.74, 6) is 0.269. The highest BCUT2D eigenvalue weighted by atomic mass is 16.3. The van der Waals surface area contributed by atoms with Crippen molar-refractivity contribution in [1.82, 2.24) is 4.90 Å². The zero-order chi connectivity index (χ0) is 22.1. The lowest BCUT2D eigenvalue weighted by Crippen LogP contribution is -2.54. The molecule has 0 aromatic heterocycles. The van der Waals surface area contributed by atoms with Crippen molar-refractivity contribution in [1.29, 1.82) is 0 Å². The maximum atomic E-state index is 12.0. The Hall–Kier alpha value is -2.86. The van der Waals surface area contributed by atoms with Crippen LogP contribution in [0.5, 0.6) is 11.5 Å². The van der Waals surface area contributed by atoms with E-state index in [1.54, 1.807) is 48.5 Å². The van der Waals surface area contributed by atoms with Gasteiger partial charge >= 0.3 is 0 Å². The quantitative estimate of drug-likeness (QED) is 0.507. The second-order valence-corrected chi connectivity index (χ2v) is 8.47. The van der Waals surface area contributed by atoms with E-state index in [-0.39, 0.29) is 17.5 Å². The summed E-state index contributed by atoms with van der Waals surface area (Å²) in [5.41, 5.74) is 0.0189. The SMILES string of the molecule is CC(N1CCC(O)(c2ccccc2)CC1)C(O)(c1ccc(O)cc1)c1ccc(O)cc1. The monoisotopic (exact) mass is 419 g/mol. The van der Waals surface area contributed by atoms with Crippen LogP contribution in [0.2, 0.25) is 0 Å². The Balaban J connectivity index is 1.63. The van der Waals surface area contributed by atoms with Crippen molar-refractivity contribution < 1.29 is 20.4 Å². The van der Waals surface area contributed by atoms with Gasteiger partial charge in [0.2, 0.25) is 0 Å². The van der Waals surface area contributed by atoms with Crippen molar-refractivity contribution in [2.45, 2.75) is 37.0 Å². The lowest BCUT2D eigenvalue weighted by Gasteiger charge is -2.46. The Morgan fingerprint density at radius 1 is 0.774 bits per heavy atom. The summed E-state index contributed by atoms with van der Waals surface area (Å²) in [7, 11) is 0. The summed E-state index contributed by atoms with van der Waals surface area (Å²) >= 11 is 0. The lowest BCUT2D eigenvalue weighted by atomic mass is 9.78. The highest BCUT2D eigenvalue weighted by Crippen LogP contribution is 2.40. The normalized spacial score (nSPS) is 17.9. The van der Waals surface area contributed by atoms with Crippen molar-refractivity contribution in [3.05, 3.63) is 95.6 Å². The van der Waals surface area contributed by atoms with Crippen molar-refractivity contribution in [3.8, 4) is 11.5 Å². The maximum Gasteiger partial charge on any atom is 0.130 e. The molecule has 31 heavy (non-hydrogen) atoms. The van der Waals surface area contributed by atoms with Crippen LogP contribution in [0, 0.1) is 0 Å². The van der Waals surface area contributed by atoms with Crippen LogP contribution < -0.4 is 0 Å². The average molecular weight is 420 g/mol. The first kappa shape index (κ1) is 21.4. The molecule has 4 N–H and O–H groups in total. The third-order valence-electron chi connectivity index (χ3n) is 6.70. The van der Waals surface area contributed by atoms with Gasteiger partial charge in [-0.3, -0.25) is 4.90 Å². The van der Waals surface area contributed by atoms with Gasteiger partial charge in [-0.15, -0.1) is 0 Å². The molecule has 0 radical (unpaired) electrons. The molecule has 5 heteroatoms. The fourth-order valence-electron chi connectivity index (χ4n) is 4.66. The second-order valence-electron chi connectivity index (χ2n) is 8.47. The first-order chi connectivity index (χ1) is 14.8. The molecule has 1 aliphatic rings. The van der Waals surface area contributed by atoms with Crippen LogP contribution in [0.3, 0.4) is 0 Å². The van der Waals surface area contributed by atoms with Crippen molar-refractivity contribution in [3.63, 3.8) is 0 Å². The summed E-state index contributed by atoms with van der Waals surface area (Å²) in [6.45, 7) is 3.24. The van der Waals surface area contributed by atoms with Crippen molar-refractivity contribution in [2.24, 2.45) is 0 Å². The third-order valence-corrected chi connectivity index (χ3v) is 6.70. The molecular formula is C26H29NO4. The number of benzene rings is 3. The van der Waals surface area contributed by atoms with Gasteiger partial charge in [0.05, 0.1) is 5.60 Å². The number of hydrogen-bond donors (Lipinski definition) is 4. The molecule has 1 atom stereocenters. The number of phenols is 2. The van der Waals surface area contributed by atoms with E-state index in [1.165, 1.54) is 0 Å². The van der Waals surface area contributed by atoms with E-state index in [0.29, 0.717) is 37.1 Å². The van der Waals surface area contributed by atoms with E-state index in [1.807, 2.05) is 37.3 Å². The first-order valence-corrected chi connectivity index (χ1v) is 10.7. The van der Waals surface area contributed by atoms with Crippen molar-refractivity contribution in [2.75, 3.05) is 13.1 Å². The molecule has 1 heterocycles. The van der Waals surface area contributed by atoms with Gasteiger partial charge in [-0.05, 0) is 60.7 Å². The summed E-state index contributed by atoms with van der Waals surface area (Å²) < 4.78 is 0. The minimum absolute atomic E-state index is 0.135. The number of aliphatic hydroxyl groups is 2. The number of rotatable bonds is 5. The topological polar surface area (TPSA) is 84.2 Å². The highest BCUT2D eigenvalue weighted by molar-refractivity contribution is 5.42. The molecular weight excluding hydrogens is 390 g/mol.